The number of methoxy groups -OCH3 is 1. The molecule has 6 heteroatoms. The molecule has 0 radical (unpaired) electrons. The monoisotopic (exact) mass is 355 g/mol. The maximum atomic E-state index is 13.3. The molecule has 3 aliphatic heterocycles. The van der Waals surface area contributed by atoms with Gasteiger partial charge in [-0.1, -0.05) is 17.7 Å². The molecule has 3 aliphatic rings. The van der Waals surface area contributed by atoms with E-state index in [0.717, 1.165) is 5.57 Å². The largest absolute Gasteiger partial charge is 0.497 e. The number of amides is 1. The van der Waals surface area contributed by atoms with E-state index in [0.29, 0.717) is 17.9 Å². The van der Waals surface area contributed by atoms with Crippen LogP contribution in [0.15, 0.2) is 48.6 Å². The van der Waals surface area contributed by atoms with Crippen molar-refractivity contribution < 1.29 is 24.2 Å². The molecular formula is C20H21NO5. The van der Waals surface area contributed by atoms with Crippen molar-refractivity contribution in [2.75, 3.05) is 12.0 Å². The number of hydrogen-bond acceptors (Lipinski definition) is 4. The lowest BCUT2D eigenvalue weighted by Crippen LogP contribution is -2.45. The molecule has 2 saturated heterocycles. The molecule has 1 N–H and O–H groups in total. The Labute approximate surface area is 151 Å². The van der Waals surface area contributed by atoms with Gasteiger partial charge in [0.1, 0.15) is 17.3 Å². The predicted octanol–water partition coefficient (Wildman–Crippen LogP) is 2.40. The standard InChI is InChI=1S/C20H21NO5/c1-11(2)10-15-20-9-8-14(26-20)16(19(23)24)17(20)18(22)21(15)12-4-6-13(25-3)7-5-12/h4-9,14-17H,1,10H2,2-3H3,(H,23,24)/t14-,15+,16-,17-,20+/m0/s1. The van der Waals surface area contributed by atoms with Gasteiger partial charge in [0, 0.05) is 5.69 Å². The van der Waals surface area contributed by atoms with E-state index in [9.17, 15) is 14.7 Å². The number of nitrogens with zero attached hydrogens (tertiary/aromatic N) is 1. The van der Waals surface area contributed by atoms with E-state index in [1.54, 1.807) is 30.2 Å². The summed E-state index contributed by atoms with van der Waals surface area (Å²) in [7, 11) is 1.58. The summed E-state index contributed by atoms with van der Waals surface area (Å²) in [4.78, 5) is 26.8. The van der Waals surface area contributed by atoms with Gasteiger partial charge in [-0.3, -0.25) is 9.59 Å². The van der Waals surface area contributed by atoms with Crippen molar-refractivity contribution in [2.24, 2.45) is 11.8 Å². The van der Waals surface area contributed by atoms with Gasteiger partial charge in [0.05, 0.1) is 25.2 Å². The molecule has 1 aromatic carbocycles. The summed E-state index contributed by atoms with van der Waals surface area (Å²) in [5, 5.41) is 9.67. The van der Waals surface area contributed by atoms with Crippen molar-refractivity contribution >= 4 is 17.6 Å². The third-order valence-electron chi connectivity index (χ3n) is 5.60. The Morgan fingerprint density at radius 1 is 1.38 bits per heavy atom. The molecule has 1 aromatic rings. The van der Waals surface area contributed by atoms with E-state index in [1.165, 1.54) is 0 Å². The van der Waals surface area contributed by atoms with E-state index in [2.05, 4.69) is 6.58 Å². The Morgan fingerprint density at radius 3 is 2.65 bits per heavy atom. The van der Waals surface area contributed by atoms with Crippen LogP contribution in [0.5, 0.6) is 5.75 Å². The van der Waals surface area contributed by atoms with Crippen molar-refractivity contribution in [3.63, 3.8) is 0 Å². The molecule has 0 aliphatic carbocycles. The Kier molecular flexibility index (Phi) is 3.70. The van der Waals surface area contributed by atoms with Gasteiger partial charge in [-0.05, 0) is 37.6 Å². The zero-order valence-corrected chi connectivity index (χ0v) is 14.7. The summed E-state index contributed by atoms with van der Waals surface area (Å²) in [5.41, 5.74) is 0.704. The number of fused-ring (bicyclic) bond motifs is 1. The quantitative estimate of drug-likeness (QED) is 0.821. The van der Waals surface area contributed by atoms with E-state index < -0.39 is 29.5 Å². The first kappa shape index (κ1) is 16.8. The molecule has 2 bridgehead atoms. The molecule has 1 spiro atoms. The van der Waals surface area contributed by atoms with Crippen molar-refractivity contribution in [3.8, 4) is 5.75 Å². The smallest absolute Gasteiger partial charge is 0.310 e. The van der Waals surface area contributed by atoms with E-state index in [4.69, 9.17) is 9.47 Å². The fraction of sp³-hybridized carbons (Fsp3) is 0.400. The molecular weight excluding hydrogens is 334 g/mol. The minimum absolute atomic E-state index is 0.208. The second kappa shape index (κ2) is 5.71. The molecule has 136 valence electrons. The van der Waals surface area contributed by atoms with Crippen LogP contribution < -0.4 is 9.64 Å². The first-order valence-corrected chi connectivity index (χ1v) is 8.60. The number of ether oxygens (including phenoxy) is 2. The Balaban J connectivity index is 1.81. The minimum atomic E-state index is -0.995. The second-order valence-electron chi connectivity index (χ2n) is 7.22. The SMILES string of the molecule is C=C(C)C[C@H]1N(c2ccc(OC)cc2)C(=O)[C@@H]2[C@@H](C(=O)O)[C@@H]3C=C[C@]21O3. The molecule has 26 heavy (non-hydrogen) atoms. The lowest BCUT2D eigenvalue weighted by atomic mass is 9.74. The molecule has 0 saturated carbocycles. The molecule has 1 amide bonds. The molecule has 4 rings (SSSR count). The van der Waals surface area contributed by atoms with Gasteiger partial charge in [0.2, 0.25) is 5.91 Å². The number of carbonyl (C=O) groups excluding carboxylic acids is 1. The van der Waals surface area contributed by atoms with Crippen LogP contribution in [-0.2, 0) is 14.3 Å². The normalized spacial score (nSPS) is 34.2. The fourth-order valence-electron chi connectivity index (χ4n) is 4.56. The van der Waals surface area contributed by atoms with Crippen molar-refractivity contribution in [2.45, 2.75) is 31.1 Å². The number of carbonyl (C=O) groups is 2. The van der Waals surface area contributed by atoms with Crippen LogP contribution in [0, 0.1) is 11.8 Å². The van der Waals surface area contributed by atoms with Gasteiger partial charge in [-0.2, -0.15) is 0 Å². The average Bonchev–Trinajstić information content (AvgIpc) is 3.24. The van der Waals surface area contributed by atoms with Crippen LogP contribution in [-0.4, -0.2) is 41.8 Å². The number of aliphatic carboxylic acids is 1. The van der Waals surface area contributed by atoms with Crippen molar-refractivity contribution in [1.82, 2.24) is 0 Å². The lowest BCUT2D eigenvalue weighted by Gasteiger charge is -2.33. The number of anilines is 1. The summed E-state index contributed by atoms with van der Waals surface area (Å²) in [6.45, 7) is 5.90. The van der Waals surface area contributed by atoms with Crippen molar-refractivity contribution in [3.05, 3.63) is 48.6 Å². The van der Waals surface area contributed by atoms with Crippen LogP contribution in [0.25, 0.3) is 0 Å². The van der Waals surface area contributed by atoms with Crippen LogP contribution in [0.1, 0.15) is 13.3 Å². The molecule has 6 nitrogen and oxygen atoms in total. The zero-order valence-electron chi connectivity index (χ0n) is 14.7. The summed E-state index contributed by atoms with van der Waals surface area (Å²) in [6.07, 6.45) is 3.66. The van der Waals surface area contributed by atoms with Gasteiger partial charge in [0.25, 0.3) is 0 Å². The highest BCUT2D eigenvalue weighted by Crippen LogP contribution is 2.56. The molecule has 5 atom stereocenters. The Morgan fingerprint density at radius 2 is 2.08 bits per heavy atom. The van der Waals surface area contributed by atoms with E-state index in [1.807, 2.05) is 25.1 Å². The summed E-state index contributed by atoms with van der Waals surface area (Å²) in [6, 6.07) is 6.87. The number of benzene rings is 1. The van der Waals surface area contributed by atoms with Gasteiger partial charge in [0.15, 0.2) is 0 Å². The first-order valence-electron chi connectivity index (χ1n) is 8.60. The van der Waals surface area contributed by atoms with E-state index >= 15 is 0 Å². The van der Waals surface area contributed by atoms with Gasteiger partial charge in [-0.25, -0.2) is 0 Å². The van der Waals surface area contributed by atoms with Gasteiger partial charge >= 0.3 is 5.97 Å². The highest BCUT2D eigenvalue weighted by Gasteiger charge is 2.71. The fourth-order valence-corrected chi connectivity index (χ4v) is 4.56. The van der Waals surface area contributed by atoms with Crippen LogP contribution >= 0.6 is 0 Å². The molecule has 3 heterocycles. The van der Waals surface area contributed by atoms with Gasteiger partial charge < -0.3 is 19.5 Å². The topological polar surface area (TPSA) is 76.1 Å². The highest BCUT2D eigenvalue weighted by molar-refractivity contribution is 6.03. The highest BCUT2D eigenvalue weighted by atomic mass is 16.5. The molecule has 0 aromatic heterocycles. The molecule has 2 fully saturated rings. The average molecular weight is 355 g/mol. The molecule has 0 unspecified atom stereocenters. The Hall–Kier alpha value is -2.60. The summed E-state index contributed by atoms with van der Waals surface area (Å²) < 4.78 is 11.3. The maximum Gasteiger partial charge on any atom is 0.310 e. The maximum absolute atomic E-state index is 13.3. The van der Waals surface area contributed by atoms with Gasteiger partial charge in [-0.15, -0.1) is 6.58 Å². The second-order valence-corrected chi connectivity index (χ2v) is 7.22. The lowest BCUT2D eigenvalue weighted by molar-refractivity contribution is -0.146. The Bertz CT molecular complexity index is 814. The number of rotatable bonds is 5. The minimum Gasteiger partial charge on any atom is -0.497 e. The number of hydrogen-bond donors (Lipinski definition) is 1. The number of carboxylic acid groups (broad SMARTS) is 1. The van der Waals surface area contributed by atoms with Crippen LogP contribution in [0.4, 0.5) is 5.69 Å². The van der Waals surface area contributed by atoms with E-state index in [-0.39, 0.29) is 11.9 Å². The predicted molar refractivity (Wildman–Crippen MR) is 95.1 cm³/mol. The number of carboxylic acids is 1. The first-order chi connectivity index (χ1) is 12.4. The zero-order chi connectivity index (χ0) is 18.6. The summed E-state index contributed by atoms with van der Waals surface area (Å²) >= 11 is 0. The van der Waals surface area contributed by atoms with Crippen molar-refractivity contribution in [1.29, 1.82) is 0 Å². The summed E-state index contributed by atoms with van der Waals surface area (Å²) in [5.74, 6) is -2.09. The third-order valence-corrected chi connectivity index (χ3v) is 5.60. The third kappa shape index (κ3) is 2.15. The van der Waals surface area contributed by atoms with Crippen LogP contribution in [0.2, 0.25) is 0 Å². The van der Waals surface area contributed by atoms with Crippen LogP contribution in [0.3, 0.4) is 0 Å².